The summed E-state index contributed by atoms with van der Waals surface area (Å²) in [6.07, 6.45) is -0.366. The van der Waals surface area contributed by atoms with E-state index in [9.17, 15) is 9.18 Å². The summed E-state index contributed by atoms with van der Waals surface area (Å²) in [5.74, 6) is -1.49. The molecule has 0 saturated heterocycles. The van der Waals surface area contributed by atoms with E-state index in [2.05, 4.69) is 15.9 Å². The second kappa shape index (κ2) is 5.11. The van der Waals surface area contributed by atoms with Crippen molar-refractivity contribution in [2.45, 2.75) is 12.5 Å². The van der Waals surface area contributed by atoms with Gasteiger partial charge in [-0.1, -0.05) is 15.9 Å². The molecule has 1 aliphatic heterocycles. The van der Waals surface area contributed by atoms with Crippen molar-refractivity contribution in [3.8, 4) is 11.5 Å². The fourth-order valence-corrected chi connectivity index (χ4v) is 2.44. The minimum Gasteiger partial charge on any atom is -0.486 e. The summed E-state index contributed by atoms with van der Waals surface area (Å²) in [5.41, 5.74) is 5.77. The van der Waals surface area contributed by atoms with Crippen LogP contribution in [0.5, 0.6) is 11.5 Å². The number of carbonyl (C=O) groups is 1. The number of hydrogen-bond acceptors (Lipinski definition) is 4. The van der Waals surface area contributed by atoms with E-state index in [0.29, 0.717) is 11.1 Å². The first-order valence-electron chi connectivity index (χ1n) is 5.25. The van der Waals surface area contributed by atoms with Gasteiger partial charge in [-0.3, -0.25) is 4.79 Å². The standard InChI is InChI=1S/C11H11BrFNO4/c12-5-3-7-11(18-2-1-17-7)10(13)9(5)6(14)4-8(15)16/h3,6H,1-2,4,14H2,(H,15,16). The highest BCUT2D eigenvalue weighted by molar-refractivity contribution is 9.10. The van der Waals surface area contributed by atoms with Crippen LogP contribution in [-0.4, -0.2) is 24.3 Å². The Balaban J connectivity index is 2.44. The van der Waals surface area contributed by atoms with E-state index in [1.165, 1.54) is 6.07 Å². The zero-order valence-electron chi connectivity index (χ0n) is 9.28. The summed E-state index contributed by atoms with van der Waals surface area (Å²) >= 11 is 3.17. The Bertz CT molecular complexity index is 494. The molecule has 0 amide bonds. The lowest BCUT2D eigenvalue weighted by molar-refractivity contribution is -0.137. The maximum absolute atomic E-state index is 14.2. The van der Waals surface area contributed by atoms with E-state index >= 15 is 0 Å². The summed E-state index contributed by atoms with van der Waals surface area (Å²) in [5, 5.41) is 8.69. The molecule has 1 unspecified atom stereocenters. The first-order chi connectivity index (χ1) is 8.50. The number of hydrogen-bond donors (Lipinski definition) is 2. The van der Waals surface area contributed by atoms with Crippen molar-refractivity contribution in [2.75, 3.05) is 13.2 Å². The number of carboxylic acids is 1. The summed E-state index contributed by atoms with van der Waals surface area (Å²) in [6, 6.07) is 0.585. The molecular weight excluding hydrogens is 309 g/mol. The van der Waals surface area contributed by atoms with Gasteiger partial charge in [-0.15, -0.1) is 0 Å². The van der Waals surface area contributed by atoms with Crippen LogP contribution in [0.4, 0.5) is 4.39 Å². The molecule has 7 heteroatoms. The molecule has 0 aliphatic carbocycles. The van der Waals surface area contributed by atoms with Crippen molar-refractivity contribution < 1.29 is 23.8 Å². The van der Waals surface area contributed by atoms with Crippen LogP contribution in [-0.2, 0) is 4.79 Å². The molecule has 1 aliphatic rings. The number of ether oxygens (including phenoxy) is 2. The Morgan fingerprint density at radius 1 is 1.56 bits per heavy atom. The lowest BCUT2D eigenvalue weighted by Crippen LogP contribution is -2.21. The van der Waals surface area contributed by atoms with Gasteiger partial charge in [0.05, 0.1) is 6.42 Å². The number of fused-ring (bicyclic) bond motifs is 1. The predicted octanol–water partition coefficient (Wildman–Crippen LogP) is 1.83. The number of rotatable bonds is 3. The molecule has 0 aromatic heterocycles. The highest BCUT2D eigenvalue weighted by atomic mass is 79.9. The van der Waals surface area contributed by atoms with Crippen molar-refractivity contribution in [1.82, 2.24) is 0 Å². The van der Waals surface area contributed by atoms with Crippen molar-refractivity contribution in [2.24, 2.45) is 5.73 Å². The van der Waals surface area contributed by atoms with Crippen LogP contribution >= 0.6 is 15.9 Å². The zero-order chi connectivity index (χ0) is 13.3. The summed E-state index contributed by atoms with van der Waals surface area (Å²) in [7, 11) is 0. The van der Waals surface area contributed by atoms with Gasteiger partial charge in [0.25, 0.3) is 0 Å². The highest BCUT2D eigenvalue weighted by Crippen LogP contribution is 2.41. The molecule has 2 rings (SSSR count). The van der Waals surface area contributed by atoms with E-state index in [0.717, 1.165) is 0 Å². The molecule has 0 saturated carbocycles. The Morgan fingerprint density at radius 2 is 2.22 bits per heavy atom. The molecule has 0 radical (unpaired) electrons. The fourth-order valence-electron chi connectivity index (χ4n) is 1.76. The molecule has 3 N–H and O–H groups in total. The van der Waals surface area contributed by atoms with Gasteiger partial charge >= 0.3 is 5.97 Å². The topological polar surface area (TPSA) is 81.8 Å². The molecule has 0 spiro atoms. The number of carboxylic acid groups (broad SMARTS) is 1. The number of nitrogens with two attached hydrogens (primary N) is 1. The van der Waals surface area contributed by atoms with Crippen LogP contribution in [0.3, 0.4) is 0 Å². The molecule has 1 aromatic carbocycles. The smallest absolute Gasteiger partial charge is 0.305 e. The largest absolute Gasteiger partial charge is 0.486 e. The second-order valence-corrected chi connectivity index (χ2v) is 4.67. The van der Waals surface area contributed by atoms with E-state index < -0.39 is 17.8 Å². The lowest BCUT2D eigenvalue weighted by Gasteiger charge is -2.22. The maximum Gasteiger partial charge on any atom is 0.305 e. The first kappa shape index (κ1) is 13.1. The third-order valence-corrected chi connectivity index (χ3v) is 3.18. The van der Waals surface area contributed by atoms with Gasteiger partial charge in [0, 0.05) is 16.1 Å². The van der Waals surface area contributed by atoms with Gasteiger partial charge in [-0.2, -0.15) is 0 Å². The van der Waals surface area contributed by atoms with Gasteiger partial charge in [0.1, 0.15) is 13.2 Å². The molecule has 1 atom stereocenters. The van der Waals surface area contributed by atoms with E-state index in [-0.39, 0.29) is 30.1 Å². The van der Waals surface area contributed by atoms with Crippen LogP contribution < -0.4 is 15.2 Å². The SMILES string of the molecule is NC(CC(=O)O)c1c(Br)cc2c(c1F)OCCO2. The zero-order valence-corrected chi connectivity index (χ0v) is 10.9. The van der Waals surface area contributed by atoms with Crippen LogP contribution in [0, 0.1) is 5.82 Å². The summed E-state index contributed by atoms with van der Waals surface area (Å²) in [6.45, 7) is 0.596. The molecule has 18 heavy (non-hydrogen) atoms. The van der Waals surface area contributed by atoms with Crippen LogP contribution in [0.15, 0.2) is 10.5 Å². The summed E-state index contributed by atoms with van der Waals surface area (Å²) in [4.78, 5) is 10.6. The van der Waals surface area contributed by atoms with Crippen LogP contribution in [0.25, 0.3) is 0 Å². The lowest BCUT2D eigenvalue weighted by atomic mass is 10.0. The van der Waals surface area contributed by atoms with Gasteiger partial charge in [0.2, 0.25) is 0 Å². The van der Waals surface area contributed by atoms with Gasteiger partial charge in [0.15, 0.2) is 17.3 Å². The van der Waals surface area contributed by atoms with Crippen LogP contribution in [0.2, 0.25) is 0 Å². The monoisotopic (exact) mass is 319 g/mol. The number of halogens is 2. The van der Waals surface area contributed by atoms with Crippen molar-refractivity contribution in [3.05, 3.63) is 21.9 Å². The average molecular weight is 320 g/mol. The van der Waals surface area contributed by atoms with E-state index in [1.807, 2.05) is 0 Å². The first-order valence-corrected chi connectivity index (χ1v) is 6.05. The van der Waals surface area contributed by atoms with E-state index in [1.54, 1.807) is 0 Å². The Morgan fingerprint density at radius 3 is 2.89 bits per heavy atom. The third-order valence-electron chi connectivity index (χ3n) is 2.53. The number of benzene rings is 1. The maximum atomic E-state index is 14.2. The van der Waals surface area contributed by atoms with Crippen LogP contribution in [0.1, 0.15) is 18.0 Å². The molecule has 5 nitrogen and oxygen atoms in total. The van der Waals surface area contributed by atoms with Gasteiger partial charge in [-0.25, -0.2) is 4.39 Å². The molecule has 0 bridgehead atoms. The average Bonchev–Trinajstić information content (AvgIpc) is 2.27. The molecule has 98 valence electrons. The van der Waals surface area contributed by atoms with E-state index in [4.69, 9.17) is 20.3 Å². The quantitative estimate of drug-likeness (QED) is 0.888. The van der Waals surface area contributed by atoms with Gasteiger partial charge in [-0.05, 0) is 6.07 Å². The minimum atomic E-state index is -1.09. The normalized spacial score (nSPS) is 15.3. The number of aliphatic carboxylic acids is 1. The molecule has 0 fully saturated rings. The molecule has 1 aromatic rings. The third kappa shape index (κ3) is 2.41. The van der Waals surface area contributed by atoms with Gasteiger partial charge < -0.3 is 20.3 Å². The summed E-state index contributed by atoms with van der Waals surface area (Å²) < 4.78 is 25.0. The van der Waals surface area contributed by atoms with Crippen molar-refractivity contribution in [1.29, 1.82) is 0 Å². The molecule has 1 heterocycles. The molecular formula is C11H11BrFNO4. The minimum absolute atomic E-state index is 0.0136. The van der Waals surface area contributed by atoms with Crippen molar-refractivity contribution in [3.63, 3.8) is 0 Å². The fraction of sp³-hybridized carbons (Fsp3) is 0.364. The highest BCUT2D eigenvalue weighted by Gasteiger charge is 2.26. The van der Waals surface area contributed by atoms with Crippen molar-refractivity contribution >= 4 is 21.9 Å². The predicted molar refractivity (Wildman–Crippen MR) is 64.3 cm³/mol. The Labute approximate surface area is 111 Å². The Kier molecular flexibility index (Phi) is 3.72. The Hall–Kier alpha value is -1.34. The second-order valence-electron chi connectivity index (χ2n) is 3.81.